The molecule has 1 N–H and O–H groups in total. The fourth-order valence-electron chi connectivity index (χ4n) is 3.05. The van der Waals surface area contributed by atoms with Gasteiger partial charge in [0, 0.05) is 24.7 Å². The Morgan fingerprint density at radius 2 is 1.77 bits per heavy atom. The molecule has 0 saturated heterocycles. The summed E-state index contributed by atoms with van der Waals surface area (Å²) in [6.07, 6.45) is 1.36. The van der Waals surface area contributed by atoms with Crippen molar-refractivity contribution in [1.29, 1.82) is 0 Å². The molecule has 11 heteroatoms. The lowest BCUT2D eigenvalue weighted by Gasteiger charge is -2.07. The zero-order chi connectivity index (χ0) is 21.6. The third-order valence-electron chi connectivity index (χ3n) is 4.49. The summed E-state index contributed by atoms with van der Waals surface area (Å²) >= 11 is 12.7. The van der Waals surface area contributed by atoms with Gasteiger partial charge in [0.2, 0.25) is 0 Å². The van der Waals surface area contributed by atoms with Crippen LogP contribution in [0.25, 0.3) is 17.1 Å². The highest BCUT2D eigenvalue weighted by Gasteiger charge is 2.20. The highest BCUT2D eigenvalue weighted by atomic mass is 35.5. The summed E-state index contributed by atoms with van der Waals surface area (Å²) in [5, 5.41) is 12.4. The maximum absolute atomic E-state index is 14.2. The molecule has 4 aromatic rings. The summed E-state index contributed by atoms with van der Waals surface area (Å²) in [7, 11) is 1.61. The summed E-state index contributed by atoms with van der Waals surface area (Å²) in [4.78, 5) is 8.40. The lowest BCUT2D eigenvalue weighted by atomic mass is 10.1. The number of rotatable bonds is 4. The quantitative estimate of drug-likeness (QED) is 0.473. The van der Waals surface area contributed by atoms with E-state index in [-0.39, 0.29) is 16.4 Å². The van der Waals surface area contributed by atoms with E-state index in [2.05, 4.69) is 25.5 Å². The normalized spacial score (nSPS) is 11.2. The molecule has 30 heavy (non-hydrogen) atoms. The largest absolute Gasteiger partial charge is 0.322 e. The minimum absolute atomic E-state index is 0.130. The van der Waals surface area contributed by atoms with Gasteiger partial charge in [-0.25, -0.2) is 23.4 Å². The van der Waals surface area contributed by atoms with Gasteiger partial charge in [-0.3, -0.25) is 4.68 Å². The van der Waals surface area contributed by atoms with Crippen LogP contribution in [0.1, 0.15) is 11.4 Å². The number of halogens is 4. The lowest BCUT2D eigenvalue weighted by molar-refractivity contribution is 0.584. The average Bonchev–Trinajstić information content (AvgIpc) is 3.12. The van der Waals surface area contributed by atoms with Gasteiger partial charge in [0.15, 0.2) is 11.6 Å². The van der Waals surface area contributed by atoms with Crippen LogP contribution in [-0.4, -0.2) is 29.5 Å². The van der Waals surface area contributed by atoms with Gasteiger partial charge in [0.25, 0.3) is 0 Å². The average molecular weight is 450 g/mol. The number of anilines is 2. The van der Waals surface area contributed by atoms with E-state index in [0.717, 1.165) is 17.8 Å². The Kier molecular flexibility index (Phi) is 5.17. The topological polar surface area (TPSA) is 73.5 Å². The van der Waals surface area contributed by atoms with E-state index in [0.29, 0.717) is 28.0 Å². The van der Waals surface area contributed by atoms with Crippen molar-refractivity contribution in [2.45, 2.75) is 13.8 Å². The van der Waals surface area contributed by atoms with E-state index in [1.807, 2.05) is 6.92 Å². The molecular formula is C19H15Cl2F2N7. The number of benzene rings is 1. The molecule has 0 fully saturated rings. The van der Waals surface area contributed by atoms with Gasteiger partial charge < -0.3 is 5.32 Å². The summed E-state index contributed by atoms with van der Waals surface area (Å²) in [5.74, 6) is -0.261. The molecule has 0 unspecified atom stereocenters. The van der Waals surface area contributed by atoms with Gasteiger partial charge in [0.1, 0.15) is 28.8 Å². The van der Waals surface area contributed by atoms with E-state index >= 15 is 0 Å². The second-order valence-corrected chi connectivity index (χ2v) is 7.30. The van der Waals surface area contributed by atoms with Crippen molar-refractivity contribution in [3.05, 3.63) is 63.7 Å². The third-order valence-corrected chi connectivity index (χ3v) is 5.40. The van der Waals surface area contributed by atoms with E-state index in [1.165, 1.54) is 17.1 Å². The van der Waals surface area contributed by atoms with Crippen molar-refractivity contribution >= 4 is 34.8 Å². The van der Waals surface area contributed by atoms with Gasteiger partial charge in [-0.2, -0.15) is 10.2 Å². The van der Waals surface area contributed by atoms with Crippen molar-refractivity contribution in [1.82, 2.24) is 29.5 Å². The van der Waals surface area contributed by atoms with Crippen molar-refractivity contribution in [3.8, 4) is 17.1 Å². The van der Waals surface area contributed by atoms with Crippen molar-refractivity contribution in [2.24, 2.45) is 7.05 Å². The Morgan fingerprint density at radius 3 is 2.43 bits per heavy atom. The van der Waals surface area contributed by atoms with Crippen LogP contribution < -0.4 is 5.32 Å². The predicted octanol–water partition coefficient (Wildman–Crippen LogP) is 5.01. The number of aryl methyl sites for hydroxylation is 2. The molecule has 0 aliphatic heterocycles. The first-order valence-corrected chi connectivity index (χ1v) is 9.51. The Morgan fingerprint density at radius 1 is 1.00 bits per heavy atom. The Hall–Kier alpha value is -3.04. The first kappa shape index (κ1) is 20.2. The molecule has 0 aliphatic rings. The molecule has 0 amide bonds. The number of hydrogen-bond acceptors (Lipinski definition) is 5. The monoisotopic (exact) mass is 449 g/mol. The van der Waals surface area contributed by atoms with Crippen molar-refractivity contribution in [3.63, 3.8) is 0 Å². The van der Waals surface area contributed by atoms with Crippen LogP contribution in [0, 0.1) is 25.5 Å². The Balaban J connectivity index is 1.70. The van der Waals surface area contributed by atoms with E-state index in [9.17, 15) is 8.78 Å². The number of aromatic nitrogens is 6. The number of nitrogens with one attached hydrogen (secondary N) is 1. The molecule has 0 radical (unpaired) electrons. The molecule has 3 aromatic heterocycles. The first-order valence-electron chi connectivity index (χ1n) is 8.75. The Bertz CT molecular complexity index is 1270. The zero-order valence-corrected chi connectivity index (χ0v) is 17.6. The van der Waals surface area contributed by atoms with Gasteiger partial charge in [-0.15, -0.1) is 0 Å². The highest BCUT2D eigenvalue weighted by Crippen LogP contribution is 2.36. The van der Waals surface area contributed by atoms with Crippen molar-refractivity contribution < 1.29 is 8.78 Å². The van der Waals surface area contributed by atoms with Crippen LogP contribution in [0.5, 0.6) is 0 Å². The molecule has 7 nitrogen and oxygen atoms in total. The van der Waals surface area contributed by atoms with Gasteiger partial charge >= 0.3 is 0 Å². The molecule has 3 heterocycles. The summed E-state index contributed by atoms with van der Waals surface area (Å²) in [6, 6.07) is 4.92. The van der Waals surface area contributed by atoms with Gasteiger partial charge in [-0.05, 0) is 26.0 Å². The van der Waals surface area contributed by atoms with Gasteiger partial charge in [0.05, 0.1) is 22.1 Å². The maximum atomic E-state index is 14.2. The summed E-state index contributed by atoms with van der Waals surface area (Å²) in [6.45, 7) is 3.63. The highest BCUT2D eigenvalue weighted by molar-refractivity contribution is 6.35. The van der Waals surface area contributed by atoms with Gasteiger partial charge in [-0.1, -0.05) is 23.2 Å². The molecule has 0 atom stereocenters. The van der Waals surface area contributed by atoms with Crippen LogP contribution >= 0.6 is 23.2 Å². The van der Waals surface area contributed by atoms with E-state index in [4.69, 9.17) is 23.2 Å². The lowest BCUT2D eigenvalue weighted by Crippen LogP contribution is -2.04. The second kappa shape index (κ2) is 7.66. The van der Waals surface area contributed by atoms with Crippen LogP contribution in [0.15, 0.2) is 30.6 Å². The predicted molar refractivity (Wildman–Crippen MR) is 110 cm³/mol. The number of hydrogen-bond donors (Lipinski definition) is 1. The smallest absolute Gasteiger partial charge is 0.173 e. The summed E-state index contributed by atoms with van der Waals surface area (Å²) in [5.41, 5.74) is 1.85. The van der Waals surface area contributed by atoms with Crippen LogP contribution in [-0.2, 0) is 7.05 Å². The van der Waals surface area contributed by atoms with Crippen LogP contribution in [0.2, 0.25) is 10.0 Å². The maximum Gasteiger partial charge on any atom is 0.173 e. The number of nitrogens with zero attached hydrogens (tertiary/aromatic N) is 6. The Labute approximate surface area is 180 Å². The summed E-state index contributed by atoms with van der Waals surface area (Å²) < 4.78 is 30.5. The van der Waals surface area contributed by atoms with Crippen molar-refractivity contribution in [2.75, 3.05) is 5.32 Å². The first-order chi connectivity index (χ1) is 14.3. The fraction of sp³-hybridized carbons (Fsp3) is 0.158. The molecule has 0 bridgehead atoms. The van der Waals surface area contributed by atoms with Crippen LogP contribution in [0.3, 0.4) is 0 Å². The standard InChI is InChI=1S/C19H15Cl2F2N7/c1-9-16(20)10(2)30(27-9)15-7-14(24-8-25-15)26-19-17(21)18(29(3)28-19)12-5-4-11(22)6-13(12)23/h4-8H,1-3H3,(H,24,25,26,28). The minimum Gasteiger partial charge on any atom is -0.322 e. The zero-order valence-electron chi connectivity index (χ0n) is 16.1. The third kappa shape index (κ3) is 3.50. The molecule has 0 spiro atoms. The molecular weight excluding hydrogens is 435 g/mol. The molecule has 1 aromatic carbocycles. The second-order valence-electron chi connectivity index (χ2n) is 6.54. The fourth-order valence-corrected chi connectivity index (χ4v) is 3.48. The molecule has 4 rings (SSSR count). The minimum atomic E-state index is -0.739. The molecule has 0 aliphatic carbocycles. The SMILES string of the molecule is Cc1nn(-c2cc(Nc3nn(C)c(-c4ccc(F)cc4F)c3Cl)ncn2)c(C)c1Cl. The van der Waals surface area contributed by atoms with E-state index < -0.39 is 11.6 Å². The molecule has 0 saturated carbocycles. The van der Waals surface area contributed by atoms with Crippen LogP contribution in [0.4, 0.5) is 20.4 Å². The van der Waals surface area contributed by atoms with E-state index in [1.54, 1.807) is 24.7 Å². The molecule has 154 valence electrons.